The summed E-state index contributed by atoms with van der Waals surface area (Å²) in [6, 6.07) is 8.70. The summed E-state index contributed by atoms with van der Waals surface area (Å²) in [5.74, 6) is 1.08. The predicted molar refractivity (Wildman–Crippen MR) is 141 cm³/mol. The molecular weight excluding hydrogens is 501 g/mol. The van der Waals surface area contributed by atoms with Crippen LogP contribution in [0.25, 0.3) is 0 Å². The van der Waals surface area contributed by atoms with Crippen LogP contribution in [0.15, 0.2) is 29.3 Å². The van der Waals surface area contributed by atoms with E-state index in [0.29, 0.717) is 19.0 Å². The third kappa shape index (κ3) is 9.76. The summed E-state index contributed by atoms with van der Waals surface area (Å²) in [5, 5.41) is 6.83. The van der Waals surface area contributed by atoms with Crippen LogP contribution in [-0.2, 0) is 17.9 Å². The molecule has 1 unspecified atom stereocenters. The van der Waals surface area contributed by atoms with Crippen molar-refractivity contribution in [1.29, 1.82) is 0 Å². The second-order valence-corrected chi connectivity index (χ2v) is 8.10. The molecule has 1 aromatic rings. The fraction of sp³-hybridized carbons (Fsp3) is 0.667. The molecule has 0 saturated heterocycles. The zero-order chi connectivity index (χ0) is 21.8. The van der Waals surface area contributed by atoms with Crippen LogP contribution in [-0.4, -0.2) is 60.4 Å². The molecule has 1 atom stereocenters. The first-order valence-corrected chi connectivity index (χ1v) is 11.7. The maximum absolute atomic E-state index is 12.5. The molecule has 7 heteroatoms. The smallest absolute Gasteiger partial charge is 0.223 e. The minimum absolute atomic E-state index is 0. The maximum Gasteiger partial charge on any atom is 0.223 e. The fourth-order valence-corrected chi connectivity index (χ4v) is 3.88. The number of hydrogen-bond acceptors (Lipinski definition) is 3. The summed E-state index contributed by atoms with van der Waals surface area (Å²) in [6.07, 6.45) is 3.63. The summed E-state index contributed by atoms with van der Waals surface area (Å²) in [4.78, 5) is 21.6. The second kappa shape index (κ2) is 15.5. The van der Waals surface area contributed by atoms with E-state index in [2.05, 4.69) is 60.4 Å². The van der Waals surface area contributed by atoms with Crippen molar-refractivity contribution in [3.8, 4) is 0 Å². The van der Waals surface area contributed by atoms with Gasteiger partial charge in [-0.2, -0.15) is 0 Å². The Hall–Kier alpha value is -1.35. The predicted octanol–water partition coefficient (Wildman–Crippen LogP) is 3.99. The van der Waals surface area contributed by atoms with Crippen LogP contribution in [0.5, 0.6) is 0 Å². The number of fused-ring (bicyclic) bond motifs is 1. The number of hydrogen-bond donors (Lipinski definition) is 2. The number of guanidine groups is 1. The van der Waals surface area contributed by atoms with E-state index in [9.17, 15) is 4.79 Å². The third-order valence-corrected chi connectivity index (χ3v) is 5.75. The van der Waals surface area contributed by atoms with Crippen LogP contribution < -0.4 is 10.6 Å². The molecule has 1 aliphatic heterocycles. The number of amides is 1. The Morgan fingerprint density at radius 3 is 2.35 bits per heavy atom. The summed E-state index contributed by atoms with van der Waals surface area (Å²) >= 11 is 0. The summed E-state index contributed by atoms with van der Waals surface area (Å²) in [5.41, 5.74) is 2.55. The minimum atomic E-state index is 0. The van der Waals surface area contributed by atoms with E-state index in [1.165, 1.54) is 17.5 Å². The van der Waals surface area contributed by atoms with Gasteiger partial charge in [-0.15, -0.1) is 24.0 Å². The Labute approximate surface area is 206 Å². The molecule has 1 aliphatic rings. The lowest BCUT2D eigenvalue weighted by atomic mass is 10.1. The van der Waals surface area contributed by atoms with Crippen LogP contribution in [0.4, 0.5) is 0 Å². The molecule has 0 bridgehead atoms. The van der Waals surface area contributed by atoms with Gasteiger partial charge < -0.3 is 20.4 Å². The molecule has 1 heterocycles. The molecule has 1 aromatic carbocycles. The molecule has 2 rings (SSSR count). The van der Waals surface area contributed by atoms with Gasteiger partial charge in [0.05, 0.1) is 0 Å². The van der Waals surface area contributed by atoms with E-state index in [-0.39, 0.29) is 29.9 Å². The third-order valence-electron chi connectivity index (χ3n) is 5.75. The number of nitrogens with zero attached hydrogens (tertiary/aromatic N) is 3. The van der Waals surface area contributed by atoms with Gasteiger partial charge in [0.25, 0.3) is 0 Å². The highest BCUT2D eigenvalue weighted by Gasteiger charge is 2.22. The second-order valence-electron chi connectivity index (χ2n) is 8.10. The zero-order valence-electron chi connectivity index (χ0n) is 19.8. The van der Waals surface area contributed by atoms with E-state index in [1.54, 1.807) is 0 Å². The zero-order valence-corrected chi connectivity index (χ0v) is 22.2. The Kier molecular flexibility index (Phi) is 13.8. The van der Waals surface area contributed by atoms with E-state index in [1.807, 2.05) is 17.0 Å². The number of benzene rings is 1. The van der Waals surface area contributed by atoms with Crippen molar-refractivity contribution >= 4 is 35.8 Å². The number of halogens is 1. The fourth-order valence-electron chi connectivity index (χ4n) is 3.88. The summed E-state index contributed by atoms with van der Waals surface area (Å²) < 4.78 is 0. The lowest BCUT2D eigenvalue weighted by Gasteiger charge is -2.21. The molecule has 6 nitrogen and oxygen atoms in total. The van der Waals surface area contributed by atoms with Gasteiger partial charge in [-0.3, -0.25) is 9.79 Å². The average Bonchev–Trinajstić information content (AvgIpc) is 3.18. The monoisotopic (exact) mass is 543 g/mol. The van der Waals surface area contributed by atoms with Gasteiger partial charge >= 0.3 is 0 Å². The van der Waals surface area contributed by atoms with Gasteiger partial charge in [-0.1, -0.05) is 38.1 Å². The molecule has 2 N–H and O–H groups in total. The first kappa shape index (κ1) is 27.7. The molecule has 0 radical (unpaired) electrons. The highest BCUT2D eigenvalue weighted by molar-refractivity contribution is 14.0. The molecular formula is C24H42IN5O. The maximum atomic E-state index is 12.5. The Balaban J connectivity index is 0.00000480. The van der Waals surface area contributed by atoms with Gasteiger partial charge in [0.1, 0.15) is 0 Å². The van der Waals surface area contributed by atoms with Gasteiger partial charge in [-0.25, -0.2) is 0 Å². The Morgan fingerprint density at radius 2 is 1.77 bits per heavy atom. The van der Waals surface area contributed by atoms with E-state index in [0.717, 1.165) is 58.1 Å². The van der Waals surface area contributed by atoms with Crippen LogP contribution >= 0.6 is 24.0 Å². The molecule has 0 fully saturated rings. The van der Waals surface area contributed by atoms with Crippen molar-refractivity contribution in [3.05, 3.63) is 35.4 Å². The molecule has 0 saturated carbocycles. The molecule has 176 valence electrons. The number of aliphatic imine (C=N–C) groups is 1. The summed E-state index contributed by atoms with van der Waals surface area (Å²) in [6.45, 7) is 15.1. The number of nitrogens with one attached hydrogen (secondary N) is 2. The van der Waals surface area contributed by atoms with Crippen LogP contribution in [0.1, 0.15) is 64.5 Å². The largest absolute Gasteiger partial charge is 0.357 e. The first-order valence-electron chi connectivity index (χ1n) is 11.7. The van der Waals surface area contributed by atoms with Crippen LogP contribution in [0, 0.1) is 0 Å². The van der Waals surface area contributed by atoms with Crippen molar-refractivity contribution in [2.75, 3.05) is 32.7 Å². The highest BCUT2D eigenvalue weighted by atomic mass is 127. The molecule has 0 aromatic heterocycles. The Bertz CT molecular complexity index is 653. The lowest BCUT2D eigenvalue weighted by molar-refractivity contribution is -0.131. The van der Waals surface area contributed by atoms with Crippen LogP contribution in [0.2, 0.25) is 0 Å². The number of rotatable bonds is 12. The number of carbonyl (C=O) groups excluding carboxylic acids is 1. The summed E-state index contributed by atoms with van der Waals surface area (Å²) in [7, 11) is 0. The van der Waals surface area contributed by atoms with E-state index >= 15 is 0 Å². The standard InChI is InChI=1S/C24H41N5O.HI/c1-5-25-24(27-20(4)12-11-17-28(6-2)7-3)26-16-10-15-23(30)29-18-21-13-8-9-14-22(21)19-29;/h8-9,13-14,20H,5-7,10-12,15-19H2,1-4H3,(H2,25,26,27);1H. The number of carbonyl (C=O) groups is 1. The van der Waals surface area contributed by atoms with Gasteiger partial charge in [0, 0.05) is 38.6 Å². The average molecular weight is 544 g/mol. The quantitative estimate of drug-likeness (QED) is 0.181. The van der Waals surface area contributed by atoms with Crippen molar-refractivity contribution in [3.63, 3.8) is 0 Å². The molecule has 1 amide bonds. The van der Waals surface area contributed by atoms with E-state index in [4.69, 9.17) is 0 Å². The first-order chi connectivity index (χ1) is 14.6. The lowest BCUT2D eigenvalue weighted by Crippen LogP contribution is -2.42. The normalized spacial score (nSPS) is 14.2. The highest BCUT2D eigenvalue weighted by Crippen LogP contribution is 2.22. The van der Waals surface area contributed by atoms with Crippen molar-refractivity contribution < 1.29 is 4.79 Å². The molecule has 31 heavy (non-hydrogen) atoms. The SMILES string of the molecule is CCNC(=NCCCC(=O)N1Cc2ccccc2C1)NC(C)CCCN(CC)CC.I. The van der Waals surface area contributed by atoms with Crippen molar-refractivity contribution in [2.45, 2.75) is 72.5 Å². The van der Waals surface area contributed by atoms with Crippen molar-refractivity contribution in [2.24, 2.45) is 4.99 Å². The van der Waals surface area contributed by atoms with Crippen molar-refractivity contribution in [1.82, 2.24) is 20.4 Å². The van der Waals surface area contributed by atoms with Gasteiger partial charge in [-0.05, 0) is 63.9 Å². The van der Waals surface area contributed by atoms with Gasteiger partial charge in [0.2, 0.25) is 5.91 Å². The molecule has 0 aliphatic carbocycles. The topological polar surface area (TPSA) is 60.0 Å². The Morgan fingerprint density at radius 1 is 1.13 bits per heavy atom. The minimum Gasteiger partial charge on any atom is -0.357 e. The van der Waals surface area contributed by atoms with E-state index < -0.39 is 0 Å². The van der Waals surface area contributed by atoms with Crippen LogP contribution in [0.3, 0.4) is 0 Å². The van der Waals surface area contributed by atoms with Gasteiger partial charge in [0.15, 0.2) is 5.96 Å². The molecule has 0 spiro atoms.